The van der Waals surface area contributed by atoms with Gasteiger partial charge in [-0.2, -0.15) is 0 Å². The van der Waals surface area contributed by atoms with Crippen molar-refractivity contribution in [1.82, 2.24) is 4.90 Å². The van der Waals surface area contributed by atoms with E-state index in [-0.39, 0.29) is 41.8 Å². The summed E-state index contributed by atoms with van der Waals surface area (Å²) >= 11 is 0. The van der Waals surface area contributed by atoms with Gasteiger partial charge in [0.2, 0.25) is 0 Å². The number of rotatable bonds is 6. The number of nitrogens with two attached hydrogens (primary N) is 1. The van der Waals surface area contributed by atoms with Crippen LogP contribution in [0.1, 0.15) is 47.0 Å². The zero-order valence-corrected chi connectivity index (χ0v) is 13.0. The van der Waals surface area contributed by atoms with E-state index in [0.717, 1.165) is 19.3 Å². The largest absolute Gasteiger partial charge is 0.396 e. The van der Waals surface area contributed by atoms with E-state index in [4.69, 9.17) is 5.73 Å². The summed E-state index contributed by atoms with van der Waals surface area (Å²) in [5, 5.41) is 9.62. The lowest BCUT2D eigenvalue weighted by Crippen LogP contribution is -2.55. The molecule has 4 atom stereocenters. The molecular formula is C15H30N2O2. The van der Waals surface area contributed by atoms with Crippen LogP contribution in [0.5, 0.6) is 0 Å². The highest BCUT2D eigenvalue weighted by atomic mass is 16.3. The van der Waals surface area contributed by atoms with E-state index in [2.05, 4.69) is 25.7 Å². The monoisotopic (exact) mass is 270 g/mol. The third-order valence-corrected chi connectivity index (χ3v) is 5.46. The van der Waals surface area contributed by atoms with E-state index >= 15 is 0 Å². The van der Waals surface area contributed by atoms with Crippen LogP contribution in [0.25, 0.3) is 0 Å². The summed E-state index contributed by atoms with van der Waals surface area (Å²) in [6, 6.07) is -0.0241. The quantitative estimate of drug-likeness (QED) is 0.766. The summed E-state index contributed by atoms with van der Waals surface area (Å²) in [6.45, 7) is 8.27. The second kappa shape index (κ2) is 6.33. The first kappa shape index (κ1) is 16.6. The van der Waals surface area contributed by atoms with Crippen LogP contribution in [-0.4, -0.2) is 47.6 Å². The lowest BCUT2D eigenvalue weighted by Gasteiger charge is -2.42. The molecule has 19 heavy (non-hydrogen) atoms. The molecule has 0 aromatic heterocycles. The van der Waals surface area contributed by atoms with Crippen LogP contribution < -0.4 is 5.73 Å². The second-order valence-electron chi connectivity index (χ2n) is 6.35. The van der Waals surface area contributed by atoms with Crippen LogP contribution in [0.3, 0.4) is 0 Å². The minimum absolute atomic E-state index is 0.0194. The zero-order valence-electron chi connectivity index (χ0n) is 13.0. The van der Waals surface area contributed by atoms with Crippen LogP contribution in [0, 0.1) is 11.3 Å². The van der Waals surface area contributed by atoms with Crippen molar-refractivity contribution in [2.75, 3.05) is 13.7 Å². The van der Waals surface area contributed by atoms with E-state index in [9.17, 15) is 9.90 Å². The second-order valence-corrected chi connectivity index (χ2v) is 6.35. The number of carbonyl (C=O) groups is 1. The number of likely N-dealkylation sites (tertiary alicyclic amines) is 1. The van der Waals surface area contributed by atoms with Gasteiger partial charge in [-0.1, -0.05) is 20.8 Å². The number of likely N-dealkylation sites (N-methyl/N-ethyl adjacent to an activating group) is 1. The Balaban J connectivity index is 2.99. The molecule has 4 heteroatoms. The highest BCUT2D eigenvalue weighted by Gasteiger charge is 2.47. The summed E-state index contributed by atoms with van der Waals surface area (Å²) < 4.78 is 0. The fraction of sp³-hybridized carbons (Fsp3) is 0.933. The predicted octanol–water partition coefficient (Wildman–Crippen LogP) is 1.41. The molecule has 1 aliphatic rings. The minimum atomic E-state index is -0.0915. The third-order valence-electron chi connectivity index (χ3n) is 5.46. The number of ketones is 1. The van der Waals surface area contributed by atoms with Crippen molar-refractivity contribution in [3.63, 3.8) is 0 Å². The van der Waals surface area contributed by atoms with E-state index in [1.807, 2.05) is 7.05 Å². The average Bonchev–Trinajstić information content (AvgIpc) is 2.73. The molecule has 3 N–H and O–H groups in total. The van der Waals surface area contributed by atoms with Crippen molar-refractivity contribution in [2.24, 2.45) is 17.1 Å². The molecule has 1 aliphatic heterocycles. The maximum Gasteiger partial charge on any atom is 0.146 e. The van der Waals surface area contributed by atoms with Gasteiger partial charge in [-0.25, -0.2) is 0 Å². The van der Waals surface area contributed by atoms with Crippen LogP contribution in [0.4, 0.5) is 0 Å². The highest BCUT2D eigenvalue weighted by Crippen LogP contribution is 2.39. The van der Waals surface area contributed by atoms with Crippen molar-refractivity contribution in [3.05, 3.63) is 0 Å². The summed E-state index contributed by atoms with van der Waals surface area (Å²) in [5.41, 5.74) is 6.59. The zero-order chi connectivity index (χ0) is 14.8. The van der Waals surface area contributed by atoms with Crippen LogP contribution in [0.15, 0.2) is 0 Å². The lowest BCUT2D eigenvalue weighted by molar-refractivity contribution is -0.121. The first-order chi connectivity index (χ1) is 8.82. The molecule has 0 spiro atoms. The standard InChI is InChI=1S/C15H30N2O2/c1-6-15(4,7-2)14(16)13-11(9-18)8-12(10(3)19)17(13)5/h11-14,18H,6-9,16H2,1-5H3/t11-,12+,13+,14+/m0/s1. The molecule has 1 rings (SSSR count). The molecule has 0 radical (unpaired) electrons. The Morgan fingerprint density at radius 3 is 2.37 bits per heavy atom. The first-order valence-electron chi connectivity index (χ1n) is 7.41. The maximum atomic E-state index is 11.7. The van der Waals surface area contributed by atoms with Gasteiger partial charge in [0, 0.05) is 24.6 Å². The summed E-state index contributed by atoms with van der Waals surface area (Å²) in [4.78, 5) is 13.8. The molecule has 0 saturated carbocycles. The van der Waals surface area contributed by atoms with Gasteiger partial charge in [0.1, 0.15) is 5.78 Å². The maximum absolute atomic E-state index is 11.7. The van der Waals surface area contributed by atoms with Crippen LogP contribution in [-0.2, 0) is 4.79 Å². The van der Waals surface area contributed by atoms with E-state index in [1.54, 1.807) is 6.92 Å². The van der Waals surface area contributed by atoms with Gasteiger partial charge in [0.15, 0.2) is 0 Å². The Labute approximate surface area is 117 Å². The molecule has 0 aliphatic carbocycles. The Hall–Kier alpha value is -0.450. The Morgan fingerprint density at radius 1 is 1.47 bits per heavy atom. The van der Waals surface area contributed by atoms with E-state index in [1.165, 1.54) is 0 Å². The molecule has 4 nitrogen and oxygen atoms in total. The topological polar surface area (TPSA) is 66.6 Å². The van der Waals surface area contributed by atoms with Gasteiger partial charge in [-0.15, -0.1) is 0 Å². The Bertz CT molecular complexity index is 315. The third kappa shape index (κ3) is 3.01. The van der Waals surface area contributed by atoms with Crippen molar-refractivity contribution in [2.45, 2.75) is 65.1 Å². The molecule has 0 bridgehead atoms. The number of hydrogen-bond donors (Lipinski definition) is 2. The highest BCUT2D eigenvalue weighted by molar-refractivity contribution is 5.81. The molecule has 0 aromatic rings. The molecule has 0 unspecified atom stereocenters. The van der Waals surface area contributed by atoms with Gasteiger partial charge < -0.3 is 10.8 Å². The number of aliphatic hydroxyl groups is 1. The van der Waals surface area contributed by atoms with Crippen molar-refractivity contribution in [3.8, 4) is 0 Å². The number of aliphatic hydroxyl groups excluding tert-OH is 1. The fourth-order valence-electron chi connectivity index (χ4n) is 3.45. The molecule has 112 valence electrons. The average molecular weight is 270 g/mol. The van der Waals surface area contributed by atoms with Crippen LogP contribution in [0.2, 0.25) is 0 Å². The van der Waals surface area contributed by atoms with Gasteiger partial charge in [0.25, 0.3) is 0 Å². The SMILES string of the molecule is CCC(C)(CC)[C@H](N)[C@H]1[C@H](CO)C[C@H](C(C)=O)N1C. The van der Waals surface area contributed by atoms with Crippen molar-refractivity contribution in [1.29, 1.82) is 0 Å². The number of carbonyl (C=O) groups excluding carboxylic acids is 1. The summed E-state index contributed by atoms with van der Waals surface area (Å²) in [5.74, 6) is 0.275. The predicted molar refractivity (Wildman–Crippen MR) is 77.9 cm³/mol. The smallest absolute Gasteiger partial charge is 0.146 e. The molecule has 0 amide bonds. The molecule has 1 fully saturated rings. The minimum Gasteiger partial charge on any atom is -0.396 e. The number of hydrogen-bond acceptors (Lipinski definition) is 4. The molecular weight excluding hydrogens is 240 g/mol. The van der Waals surface area contributed by atoms with Crippen LogP contribution >= 0.6 is 0 Å². The normalized spacial score (nSPS) is 30.6. The van der Waals surface area contributed by atoms with Gasteiger partial charge >= 0.3 is 0 Å². The lowest BCUT2D eigenvalue weighted by atomic mass is 9.72. The Kier molecular flexibility index (Phi) is 5.53. The molecule has 1 saturated heterocycles. The van der Waals surface area contributed by atoms with Crippen molar-refractivity contribution < 1.29 is 9.90 Å². The summed E-state index contributed by atoms with van der Waals surface area (Å²) in [6.07, 6.45) is 2.75. The van der Waals surface area contributed by atoms with E-state index in [0.29, 0.717) is 0 Å². The molecule has 1 heterocycles. The summed E-state index contributed by atoms with van der Waals surface area (Å²) in [7, 11) is 1.97. The fourth-order valence-corrected chi connectivity index (χ4v) is 3.45. The number of nitrogens with zero attached hydrogens (tertiary/aromatic N) is 1. The first-order valence-corrected chi connectivity index (χ1v) is 7.41. The van der Waals surface area contributed by atoms with Gasteiger partial charge in [-0.05, 0) is 38.6 Å². The van der Waals surface area contributed by atoms with Crippen molar-refractivity contribution >= 4 is 5.78 Å². The number of Topliss-reactive ketones (excluding diaryl/α,β-unsaturated/α-hetero) is 1. The Morgan fingerprint density at radius 2 is 2.00 bits per heavy atom. The molecule has 0 aromatic carbocycles. The van der Waals surface area contributed by atoms with Gasteiger partial charge in [0.05, 0.1) is 6.04 Å². The van der Waals surface area contributed by atoms with Gasteiger partial charge in [-0.3, -0.25) is 9.69 Å². The van der Waals surface area contributed by atoms with E-state index < -0.39 is 0 Å².